The van der Waals surface area contributed by atoms with Crippen molar-refractivity contribution in [1.29, 1.82) is 4.78 Å². The summed E-state index contributed by atoms with van der Waals surface area (Å²) in [4.78, 5) is 35.1. The molecule has 17 nitrogen and oxygen atoms in total. The van der Waals surface area contributed by atoms with Crippen molar-refractivity contribution in [3.8, 4) is 56.5 Å². The van der Waals surface area contributed by atoms with E-state index in [9.17, 15) is 34.9 Å². The van der Waals surface area contributed by atoms with Crippen LogP contribution in [0.2, 0.25) is 5.28 Å². The molecule has 8 heterocycles. The van der Waals surface area contributed by atoms with Crippen molar-refractivity contribution in [3.05, 3.63) is 243 Å². The van der Waals surface area contributed by atoms with Crippen LogP contribution in [0.5, 0.6) is 0 Å². The van der Waals surface area contributed by atoms with Gasteiger partial charge in [-0.2, -0.15) is 19.7 Å². The van der Waals surface area contributed by atoms with Gasteiger partial charge >= 0.3 is 0 Å². The Balaban J connectivity index is 0.000000123. The minimum Gasteiger partial charge on any atom is -0.284 e. The third-order valence-electron chi connectivity index (χ3n) is 22.4. The fraction of sp³-hybridized carbons (Fsp3) is 0.297. The fourth-order valence-electron chi connectivity index (χ4n) is 17.6. The minimum absolute atomic E-state index is 0.126. The van der Waals surface area contributed by atoms with Crippen LogP contribution in [0.3, 0.4) is 0 Å². The molecule has 0 spiro atoms. The maximum atomic E-state index is 14.5. The Kier molecular flexibility index (Phi) is 15.7. The van der Waals surface area contributed by atoms with Gasteiger partial charge in [0.15, 0.2) is 11.6 Å². The lowest BCUT2D eigenvalue weighted by Gasteiger charge is -2.37. The number of hydrogen-bond acceptors (Lipinski definition) is 16. The van der Waals surface area contributed by atoms with Gasteiger partial charge in [0.25, 0.3) is 0 Å². The number of benzene rings is 3. The molecule has 1 unspecified atom stereocenters. The molecular formula is C74H62ClF7N16OS. The van der Waals surface area contributed by atoms with E-state index >= 15 is 0 Å². The average molecular weight is 1390 g/mol. The summed E-state index contributed by atoms with van der Waals surface area (Å²) in [5, 5.41) is 26.6. The van der Waals surface area contributed by atoms with Gasteiger partial charge in [0.05, 0.1) is 84.2 Å². The highest BCUT2D eigenvalue weighted by Gasteiger charge is 2.68. The fourth-order valence-corrected chi connectivity index (χ4v) is 18.3. The van der Waals surface area contributed by atoms with Crippen LogP contribution in [0.15, 0.2) is 146 Å². The number of pyridine rings is 2. The molecule has 0 amide bonds. The number of nitrogens with one attached hydrogen (secondary N) is 2. The Labute approximate surface area is 575 Å². The van der Waals surface area contributed by atoms with Crippen LogP contribution < -0.4 is 4.72 Å². The van der Waals surface area contributed by atoms with E-state index < -0.39 is 67.0 Å². The molecule has 17 rings (SSSR count). The SMILES string of the molecule is CC1(C)[C@H]2CC[C@]1(c1ccnc(-c3ccc(F)nc3)n1)c1nnc(-c3c(F)cccc3F)cc12.CC1(C)[C@H]2CC[C@]1(c1ccnc(-c3ccc(NS(C)(=N)=O)nc3)n1)c1nnc(-c3c(F)cccc3F)cc12.CC1(C)[C@H]2CC[C@]1(c1ccnc(Cl)n1)c1nnc(-c3c(F)cccc3F)cc12. The van der Waals surface area contributed by atoms with E-state index in [4.69, 9.17) is 26.3 Å². The van der Waals surface area contributed by atoms with Crippen molar-refractivity contribution in [2.75, 3.05) is 11.0 Å². The third-order valence-corrected chi connectivity index (χ3v) is 23.1. The monoisotopic (exact) mass is 1390 g/mol. The summed E-state index contributed by atoms with van der Waals surface area (Å²) in [5.41, 5.74) is 6.86. The summed E-state index contributed by atoms with van der Waals surface area (Å²) in [5.74, 6) is -2.82. The molecule has 506 valence electrons. The minimum atomic E-state index is -2.94. The average Bonchev–Trinajstić information content (AvgIpc) is 1.53. The second-order valence-corrected chi connectivity index (χ2v) is 30.3. The lowest BCUT2D eigenvalue weighted by Crippen LogP contribution is -2.38. The molecule has 0 aliphatic heterocycles. The van der Waals surface area contributed by atoms with Crippen LogP contribution in [0.1, 0.15) is 149 Å². The summed E-state index contributed by atoms with van der Waals surface area (Å²) in [6.45, 7) is 13.1. The first-order valence-electron chi connectivity index (χ1n) is 32.4. The number of aromatic nitrogens is 14. The zero-order chi connectivity index (χ0) is 70.2. The molecule has 6 aliphatic carbocycles. The second kappa shape index (κ2) is 23.8. The van der Waals surface area contributed by atoms with E-state index in [1.807, 2.05) is 18.2 Å². The topological polar surface area (TPSA) is 233 Å². The lowest BCUT2D eigenvalue weighted by molar-refractivity contribution is 0.242. The van der Waals surface area contributed by atoms with Gasteiger partial charge in [-0.25, -0.2) is 75.2 Å². The molecular weight excluding hydrogens is 1330 g/mol. The van der Waals surface area contributed by atoms with Crippen LogP contribution in [0.4, 0.5) is 36.6 Å². The Morgan fingerprint density at radius 3 is 1.13 bits per heavy atom. The van der Waals surface area contributed by atoms with Gasteiger partial charge in [-0.15, -0.1) is 15.3 Å². The summed E-state index contributed by atoms with van der Waals surface area (Å²) in [7, 11) is -2.94. The number of nitrogens with zero attached hydrogens (tertiary/aromatic N) is 14. The predicted molar refractivity (Wildman–Crippen MR) is 360 cm³/mol. The number of anilines is 1. The summed E-state index contributed by atoms with van der Waals surface area (Å²) in [6, 6.07) is 28.6. The van der Waals surface area contributed by atoms with E-state index in [-0.39, 0.29) is 73.1 Å². The smallest absolute Gasteiger partial charge is 0.222 e. The van der Waals surface area contributed by atoms with Gasteiger partial charge in [0.1, 0.15) is 50.6 Å². The molecule has 100 heavy (non-hydrogen) atoms. The van der Waals surface area contributed by atoms with Crippen LogP contribution in [0, 0.1) is 61.9 Å². The van der Waals surface area contributed by atoms with Gasteiger partial charge in [0, 0.05) is 48.4 Å². The molecule has 0 radical (unpaired) electrons. The summed E-state index contributed by atoms with van der Waals surface area (Å²) >= 11 is 6.07. The molecule has 2 N–H and O–H groups in total. The largest absolute Gasteiger partial charge is 0.284 e. The molecule has 3 saturated carbocycles. The lowest BCUT2D eigenvalue weighted by atomic mass is 9.66. The standard InChI is InChI=1S/C27H25F2N7OS.C26H20F3N5.C21H17ClF2N4/c1-26(2)17-9-11-27(26,24-16(17)13-20(34-35-24)23-18(28)5-4-6-19(23)29)21-10-12-31-25(33-21)15-7-8-22(32-14-15)36-38(3,30)37;1-25(2)16-8-10-26(25,20-9-11-30-24(32-20)14-6-7-21(29)31-13-14)23-15(16)12-19(33-34-23)22-17(27)4-3-5-18(22)28;1-20(2)12-6-8-21(20,16-7-9-25-19(22)26-16)18-11(12)10-15(27-28-18)17-13(23)4-3-5-14(17)24/h4-8,10,12-14,17H,9,11H2,1-3H3,(H2,30,32,36,37);3-7,9,11-13,16H,8,10H2,1-2H3;3-5,7,9-10,12H,6,8H2,1-2H3/t17-,27-,38?;16-,26-;12-,21-/m000/s1. The molecule has 3 fully saturated rings. The van der Waals surface area contributed by atoms with Crippen molar-refractivity contribution >= 4 is 27.3 Å². The van der Waals surface area contributed by atoms with Crippen LogP contribution in [-0.4, -0.2) is 80.9 Å². The Hall–Kier alpha value is -10.0. The molecule has 8 aromatic heterocycles. The van der Waals surface area contributed by atoms with Crippen molar-refractivity contribution in [2.45, 2.75) is 114 Å². The quantitative estimate of drug-likeness (QED) is 0.0736. The normalized spacial score (nSPS) is 22.9. The van der Waals surface area contributed by atoms with E-state index in [2.05, 4.69) is 107 Å². The maximum Gasteiger partial charge on any atom is 0.222 e. The van der Waals surface area contributed by atoms with Crippen molar-refractivity contribution < 1.29 is 34.9 Å². The molecule has 6 bridgehead atoms. The summed E-state index contributed by atoms with van der Waals surface area (Å²) < 4.78 is 122. The van der Waals surface area contributed by atoms with Crippen molar-refractivity contribution in [1.82, 2.24) is 70.5 Å². The molecule has 0 saturated heterocycles. The highest BCUT2D eigenvalue weighted by Crippen LogP contribution is 2.72. The third kappa shape index (κ3) is 10.1. The molecule has 7 atom stereocenters. The number of halogens is 8. The van der Waals surface area contributed by atoms with Crippen LogP contribution in [-0.2, 0) is 26.2 Å². The first-order valence-corrected chi connectivity index (χ1v) is 34.8. The molecule has 6 aliphatic rings. The maximum absolute atomic E-state index is 14.5. The zero-order valence-corrected chi connectivity index (χ0v) is 56.5. The second-order valence-electron chi connectivity index (χ2n) is 28.0. The predicted octanol–water partition coefficient (Wildman–Crippen LogP) is 16.2. The first kappa shape index (κ1) is 65.9. The van der Waals surface area contributed by atoms with E-state index in [0.717, 1.165) is 89.4 Å². The van der Waals surface area contributed by atoms with Gasteiger partial charge in [-0.3, -0.25) is 4.72 Å². The molecule has 11 aromatic rings. The number of fused-ring (bicyclic) bond motifs is 15. The van der Waals surface area contributed by atoms with Gasteiger partial charge in [-0.05, 0) is 198 Å². The molecule has 26 heteroatoms. The van der Waals surface area contributed by atoms with E-state index in [1.165, 1.54) is 73.1 Å². The number of rotatable bonds is 10. The summed E-state index contributed by atoms with van der Waals surface area (Å²) in [6.07, 6.45) is 14.5. The van der Waals surface area contributed by atoms with Gasteiger partial charge in [0.2, 0.25) is 11.2 Å². The number of hydrogen-bond donors (Lipinski definition) is 2. The van der Waals surface area contributed by atoms with E-state index in [0.29, 0.717) is 28.6 Å². The zero-order valence-electron chi connectivity index (χ0n) is 54.9. The highest BCUT2D eigenvalue weighted by atomic mass is 35.5. The molecule has 3 aromatic carbocycles. The Morgan fingerprint density at radius 1 is 0.450 bits per heavy atom. The van der Waals surface area contributed by atoms with Crippen molar-refractivity contribution in [2.24, 2.45) is 16.2 Å². The van der Waals surface area contributed by atoms with Crippen LogP contribution >= 0.6 is 11.6 Å². The van der Waals surface area contributed by atoms with E-state index in [1.54, 1.807) is 61.2 Å². The van der Waals surface area contributed by atoms with Gasteiger partial charge in [-0.1, -0.05) is 59.7 Å². The Bertz CT molecular complexity index is 5210. The first-order chi connectivity index (χ1) is 47.7. The highest BCUT2D eigenvalue weighted by molar-refractivity contribution is 7.93. The van der Waals surface area contributed by atoms with Crippen LogP contribution in [0.25, 0.3) is 56.5 Å². The van der Waals surface area contributed by atoms with Gasteiger partial charge < -0.3 is 0 Å². The van der Waals surface area contributed by atoms with Crippen molar-refractivity contribution in [3.63, 3.8) is 0 Å². The Morgan fingerprint density at radius 2 is 0.800 bits per heavy atom.